The largest absolute Gasteiger partial charge is 0.388 e. The fraction of sp³-hybridized carbons (Fsp3) is 0.357. The van der Waals surface area contributed by atoms with Crippen molar-refractivity contribution in [3.05, 3.63) is 51.0 Å². The smallest absolute Gasteiger partial charge is 0.0897 e. The topological polar surface area (TPSA) is 42.4 Å². The first-order valence-electron chi connectivity index (χ1n) is 6.01. The van der Waals surface area contributed by atoms with Crippen LogP contribution < -0.4 is 0 Å². The van der Waals surface area contributed by atoms with Crippen LogP contribution in [0.25, 0.3) is 0 Å². The van der Waals surface area contributed by atoms with Gasteiger partial charge in [-0.2, -0.15) is 0 Å². The molecule has 4 heteroatoms. The molecule has 1 unspecified atom stereocenters. The van der Waals surface area contributed by atoms with Gasteiger partial charge in [0.05, 0.1) is 30.0 Å². The molecule has 94 valence electrons. The highest BCUT2D eigenvalue weighted by Crippen LogP contribution is 2.25. The number of hydrogen-bond donors (Lipinski definition) is 1. The second kappa shape index (κ2) is 4.80. The number of thiazole rings is 1. The Bertz CT molecular complexity index is 565. The maximum atomic E-state index is 10.2. The minimum Gasteiger partial charge on any atom is -0.388 e. The lowest BCUT2D eigenvalue weighted by molar-refractivity contribution is 0.134. The van der Waals surface area contributed by atoms with Crippen molar-refractivity contribution in [1.82, 2.24) is 4.98 Å². The van der Waals surface area contributed by atoms with E-state index in [1.807, 2.05) is 30.5 Å². The normalized spacial score (nSPS) is 15.7. The molecular weight excluding hydrogens is 246 g/mol. The SMILES string of the molecule is Cc1nc(CC(O)c2ccc3c(c2)COC3)cs1. The lowest BCUT2D eigenvalue weighted by atomic mass is 10.0. The monoisotopic (exact) mass is 261 g/mol. The molecule has 0 saturated heterocycles. The molecule has 0 radical (unpaired) electrons. The van der Waals surface area contributed by atoms with Gasteiger partial charge in [0.15, 0.2) is 0 Å². The summed E-state index contributed by atoms with van der Waals surface area (Å²) in [5.74, 6) is 0. The number of ether oxygens (including phenoxy) is 1. The Morgan fingerprint density at radius 1 is 1.39 bits per heavy atom. The van der Waals surface area contributed by atoms with E-state index in [9.17, 15) is 5.11 Å². The third-order valence-corrected chi connectivity index (χ3v) is 4.02. The van der Waals surface area contributed by atoms with Crippen molar-refractivity contribution < 1.29 is 9.84 Å². The number of aliphatic hydroxyl groups excluding tert-OH is 1. The predicted octanol–water partition coefficient (Wildman–Crippen LogP) is 2.76. The number of nitrogens with zero attached hydrogens (tertiary/aromatic N) is 1. The molecule has 18 heavy (non-hydrogen) atoms. The summed E-state index contributed by atoms with van der Waals surface area (Å²) in [5, 5.41) is 13.3. The Morgan fingerprint density at radius 2 is 2.22 bits per heavy atom. The number of rotatable bonds is 3. The zero-order valence-electron chi connectivity index (χ0n) is 10.2. The van der Waals surface area contributed by atoms with Gasteiger partial charge >= 0.3 is 0 Å². The van der Waals surface area contributed by atoms with Crippen molar-refractivity contribution >= 4 is 11.3 Å². The van der Waals surface area contributed by atoms with Gasteiger partial charge in [0.25, 0.3) is 0 Å². The maximum Gasteiger partial charge on any atom is 0.0897 e. The van der Waals surface area contributed by atoms with Crippen LogP contribution >= 0.6 is 11.3 Å². The summed E-state index contributed by atoms with van der Waals surface area (Å²) in [6, 6.07) is 6.08. The van der Waals surface area contributed by atoms with Crippen molar-refractivity contribution in [3.63, 3.8) is 0 Å². The van der Waals surface area contributed by atoms with Crippen LogP contribution in [0.1, 0.15) is 33.5 Å². The average Bonchev–Trinajstić information content (AvgIpc) is 2.96. The van der Waals surface area contributed by atoms with Gasteiger partial charge in [-0.15, -0.1) is 11.3 Å². The number of aromatic nitrogens is 1. The average molecular weight is 261 g/mol. The van der Waals surface area contributed by atoms with E-state index in [-0.39, 0.29) is 0 Å². The van der Waals surface area contributed by atoms with Gasteiger partial charge in [-0.25, -0.2) is 4.98 Å². The Hall–Kier alpha value is -1.23. The van der Waals surface area contributed by atoms with Crippen LogP contribution in [0, 0.1) is 6.92 Å². The maximum absolute atomic E-state index is 10.2. The number of benzene rings is 1. The van der Waals surface area contributed by atoms with E-state index in [1.54, 1.807) is 11.3 Å². The van der Waals surface area contributed by atoms with Gasteiger partial charge in [-0.3, -0.25) is 0 Å². The zero-order valence-corrected chi connectivity index (χ0v) is 11.0. The van der Waals surface area contributed by atoms with Crippen LogP contribution in [0.3, 0.4) is 0 Å². The second-order valence-corrected chi connectivity index (χ2v) is 5.66. The highest BCUT2D eigenvalue weighted by atomic mass is 32.1. The molecular formula is C14H15NO2S. The first-order chi connectivity index (χ1) is 8.72. The molecule has 0 fully saturated rings. The lowest BCUT2D eigenvalue weighted by Crippen LogP contribution is -2.03. The van der Waals surface area contributed by atoms with Gasteiger partial charge in [0, 0.05) is 11.8 Å². The Kier molecular flexibility index (Phi) is 3.16. The number of aryl methyl sites for hydroxylation is 1. The molecule has 2 heterocycles. The molecule has 0 aliphatic carbocycles. The summed E-state index contributed by atoms with van der Waals surface area (Å²) in [4.78, 5) is 4.38. The molecule has 1 aromatic carbocycles. The fourth-order valence-electron chi connectivity index (χ4n) is 2.22. The standard InChI is InChI=1S/C14H15NO2S/c1-9-15-13(8-18-9)5-14(16)10-2-3-11-6-17-7-12(11)4-10/h2-4,8,14,16H,5-7H2,1H3. The third-order valence-electron chi connectivity index (χ3n) is 3.20. The highest BCUT2D eigenvalue weighted by molar-refractivity contribution is 7.09. The first-order valence-corrected chi connectivity index (χ1v) is 6.89. The Labute approximate surface area is 110 Å². The number of hydrogen-bond acceptors (Lipinski definition) is 4. The molecule has 0 amide bonds. The summed E-state index contributed by atoms with van der Waals surface area (Å²) in [6.45, 7) is 3.33. The minimum absolute atomic E-state index is 0.489. The van der Waals surface area contributed by atoms with E-state index in [1.165, 1.54) is 11.1 Å². The van der Waals surface area contributed by atoms with Crippen molar-refractivity contribution in [2.75, 3.05) is 0 Å². The van der Waals surface area contributed by atoms with Crippen LogP contribution in [0.4, 0.5) is 0 Å². The Morgan fingerprint density at radius 3 is 3.00 bits per heavy atom. The van der Waals surface area contributed by atoms with Crippen LogP contribution in [-0.2, 0) is 24.4 Å². The highest BCUT2D eigenvalue weighted by Gasteiger charge is 2.15. The molecule has 2 aromatic rings. The van der Waals surface area contributed by atoms with E-state index in [4.69, 9.17) is 4.74 Å². The van der Waals surface area contributed by atoms with Crippen LogP contribution in [0.5, 0.6) is 0 Å². The van der Waals surface area contributed by atoms with E-state index >= 15 is 0 Å². The van der Waals surface area contributed by atoms with Gasteiger partial charge in [0.2, 0.25) is 0 Å². The van der Waals surface area contributed by atoms with Crippen molar-refractivity contribution in [2.45, 2.75) is 32.7 Å². The molecule has 3 nitrogen and oxygen atoms in total. The predicted molar refractivity (Wildman–Crippen MR) is 70.4 cm³/mol. The van der Waals surface area contributed by atoms with Crippen LogP contribution in [-0.4, -0.2) is 10.1 Å². The summed E-state index contributed by atoms with van der Waals surface area (Å²) in [7, 11) is 0. The second-order valence-electron chi connectivity index (χ2n) is 4.60. The quantitative estimate of drug-likeness (QED) is 0.923. The first kappa shape index (κ1) is 11.8. The van der Waals surface area contributed by atoms with Gasteiger partial charge < -0.3 is 9.84 Å². The van der Waals surface area contributed by atoms with E-state index in [0.717, 1.165) is 16.3 Å². The van der Waals surface area contributed by atoms with Gasteiger partial charge in [-0.05, 0) is 23.6 Å². The summed E-state index contributed by atoms with van der Waals surface area (Å²) < 4.78 is 5.38. The molecule has 0 spiro atoms. The minimum atomic E-state index is -0.489. The van der Waals surface area contributed by atoms with E-state index in [0.29, 0.717) is 19.6 Å². The third kappa shape index (κ3) is 2.32. The molecule has 0 bridgehead atoms. The molecule has 1 N–H and O–H groups in total. The van der Waals surface area contributed by atoms with E-state index < -0.39 is 6.10 Å². The lowest BCUT2D eigenvalue weighted by Gasteiger charge is -2.10. The summed E-state index contributed by atoms with van der Waals surface area (Å²) in [5.41, 5.74) is 4.34. The van der Waals surface area contributed by atoms with Gasteiger partial charge in [-0.1, -0.05) is 18.2 Å². The Balaban J connectivity index is 1.78. The molecule has 1 aliphatic rings. The van der Waals surface area contributed by atoms with Crippen molar-refractivity contribution in [2.24, 2.45) is 0 Å². The van der Waals surface area contributed by atoms with Crippen molar-refractivity contribution in [1.29, 1.82) is 0 Å². The number of fused-ring (bicyclic) bond motifs is 1. The molecule has 1 aromatic heterocycles. The molecule has 1 atom stereocenters. The summed E-state index contributed by atoms with van der Waals surface area (Å²) >= 11 is 1.62. The van der Waals surface area contributed by atoms with Gasteiger partial charge in [0.1, 0.15) is 0 Å². The molecule has 3 rings (SSSR count). The van der Waals surface area contributed by atoms with Crippen molar-refractivity contribution in [3.8, 4) is 0 Å². The van der Waals surface area contributed by atoms with Crippen LogP contribution in [0.2, 0.25) is 0 Å². The molecule has 1 aliphatic heterocycles. The van der Waals surface area contributed by atoms with E-state index in [2.05, 4.69) is 4.98 Å². The van der Waals surface area contributed by atoms with Crippen LogP contribution in [0.15, 0.2) is 23.6 Å². The fourth-order valence-corrected chi connectivity index (χ4v) is 2.84. The number of aliphatic hydroxyl groups is 1. The zero-order chi connectivity index (χ0) is 12.5. The summed E-state index contributed by atoms with van der Waals surface area (Å²) in [6.07, 6.45) is 0.0849. The molecule has 0 saturated carbocycles.